The van der Waals surface area contributed by atoms with Crippen molar-refractivity contribution in [2.75, 3.05) is 26.7 Å². The van der Waals surface area contributed by atoms with Crippen molar-refractivity contribution in [3.8, 4) is 0 Å². The van der Waals surface area contributed by atoms with Gasteiger partial charge in [0.25, 0.3) is 10.2 Å². The number of rotatable bonds is 11. The molecule has 0 aromatic carbocycles. The molecule has 0 radical (unpaired) electrons. The van der Waals surface area contributed by atoms with Crippen molar-refractivity contribution < 1.29 is 8.42 Å². The Balaban J connectivity index is 2.18. The summed E-state index contributed by atoms with van der Waals surface area (Å²) in [7, 11) is -1.78. The highest BCUT2D eigenvalue weighted by molar-refractivity contribution is 7.87. The summed E-state index contributed by atoms with van der Waals surface area (Å²) < 4.78 is 28.0. The average molecular weight is 317 g/mol. The summed E-state index contributed by atoms with van der Waals surface area (Å²) >= 11 is 0. The minimum absolute atomic E-state index is 0.414. The van der Waals surface area contributed by atoms with E-state index in [0.717, 1.165) is 31.6 Å². The van der Waals surface area contributed by atoms with Gasteiger partial charge in [-0.1, -0.05) is 13.8 Å². The number of aromatic nitrogens is 2. The van der Waals surface area contributed by atoms with E-state index in [2.05, 4.69) is 33.9 Å². The molecule has 1 aromatic rings. The molecule has 3 N–H and O–H groups in total. The summed E-state index contributed by atoms with van der Waals surface area (Å²) in [5, 5.41) is 3.27. The van der Waals surface area contributed by atoms with E-state index in [1.54, 1.807) is 19.4 Å². The van der Waals surface area contributed by atoms with Crippen molar-refractivity contribution >= 4 is 10.2 Å². The molecular weight excluding hydrogens is 290 g/mol. The Hall–Kier alpha value is -0.960. The Kier molecular flexibility index (Phi) is 7.87. The van der Waals surface area contributed by atoms with Crippen LogP contribution in [0.5, 0.6) is 0 Å². The molecule has 1 rings (SSSR count). The highest BCUT2D eigenvalue weighted by atomic mass is 32.2. The Bertz CT molecular complexity index is 473. The molecule has 0 saturated carbocycles. The molecule has 0 aliphatic heterocycles. The molecule has 21 heavy (non-hydrogen) atoms. The SMILES string of the molecule is CC(C)NCCCN(C)S(=O)(=O)NCCCc1ncc[nH]1. The van der Waals surface area contributed by atoms with Gasteiger partial charge in [-0.15, -0.1) is 0 Å². The first-order valence-corrected chi connectivity index (χ1v) is 8.78. The van der Waals surface area contributed by atoms with Crippen LogP contribution < -0.4 is 10.0 Å². The molecule has 1 heterocycles. The quantitative estimate of drug-likeness (QED) is 0.518. The van der Waals surface area contributed by atoms with E-state index in [9.17, 15) is 8.42 Å². The van der Waals surface area contributed by atoms with E-state index in [1.807, 2.05) is 0 Å². The molecule has 122 valence electrons. The summed E-state index contributed by atoms with van der Waals surface area (Å²) in [6, 6.07) is 0.423. The van der Waals surface area contributed by atoms with E-state index in [4.69, 9.17) is 0 Å². The number of nitrogens with zero attached hydrogens (tertiary/aromatic N) is 2. The van der Waals surface area contributed by atoms with Crippen molar-refractivity contribution in [1.82, 2.24) is 24.3 Å². The molecule has 0 fully saturated rings. The van der Waals surface area contributed by atoms with Crippen molar-refractivity contribution in [3.63, 3.8) is 0 Å². The van der Waals surface area contributed by atoms with Gasteiger partial charge in [-0.2, -0.15) is 12.7 Å². The number of hydrogen-bond acceptors (Lipinski definition) is 4. The van der Waals surface area contributed by atoms with E-state index in [1.165, 1.54) is 4.31 Å². The van der Waals surface area contributed by atoms with Crippen molar-refractivity contribution in [2.24, 2.45) is 0 Å². The van der Waals surface area contributed by atoms with Gasteiger partial charge in [-0.05, 0) is 19.4 Å². The minimum Gasteiger partial charge on any atom is -0.349 e. The van der Waals surface area contributed by atoms with Gasteiger partial charge >= 0.3 is 0 Å². The van der Waals surface area contributed by atoms with Gasteiger partial charge in [0.05, 0.1) is 0 Å². The first kappa shape index (κ1) is 18.1. The molecule has 0 aliphatic rings. The summed E-state index contributed by atoms with van der Waals surface area (Å²) in [4.78, 5) is 7.09. The smallest absolute Gasteiger partial charge is 0.279 e. The Labute approximate surface area is 127 Å². The van der Waals surface area contributed by atoms with Gasteiger partial charge in [0, 0.05) is 45.0 Å². The van der Waals surface area contributed by atoms with Gasteiger partial charge in [0.15, 0.2) is 0 Å². The summed E-state index contributed by atoms with van der Waals surface area (Å²) in [6.07, 6.45) is 5.70. The van der Waals surface area contributed by atoms with Gasteiger partial charge in [-0.25, -0.2) is 9.71 Å². The van der Waals surface area contributed by atoms with Gasteiger partial charge in [-0.3, -0.25) is 0 Å². The van der Waals surface area contributed by atoms with Crippen LogP contribution in [0.4, 0.5) is 0 Å². The molecule has 0 spiro atoms. The lowest BCUT2D eigenvalue weighted by Crippen LogP contribution is -2.40. The summed E-state index contributed by atoms with van der Waals surface area (Å²) in [5.41, 5.74) is 0. The zero-order chi connectivity index (χ0) is 15.7. The fourth-order valence-electron chi connectivity index (χ4n) is 1.81. The van der Waals surface area contributed by atoms with Crippen LogP contribution in [0.25, 0.3) is 0 Å². The van der Waals surface area contributed by atoms with E-state index >= 15 is 0 Å². The molecule has 0 bridgehead atoms. The van der Waals surface area contributed by atoms with E-state index in [-0.39, 0.29) is 0 Å². The highest BCUT2D eigenvalue weighted by Gasteiger charge is 2.16. The second-order valence-electron chi connectivity index (χ2n) is 5.32. The fraction of sp³-hybridized carbons (Fsp3) is 0.769. The van der Waals surface area contributed by atoms with Crippen LogP contribution >= 0.6 is 0 Å². The van der Waals surface area contributed by atoms with Crippen LogP contribution in [-0.4, -0.2) is 55.4 Å². The normalized spacial score (nSPS) is 12.4. The monoisotopic (exact) mass is 317 g/mol. The fourth-order valence-corrected chi connectivity index (χ4v) is 2.81. The molecule has 8 heteroatoms. The standard InChI is InChI=1S/C13H27N5O2S/c1-12(2)14-7-5-11-18(3)21(19,20)17-8-4-6-13-15-9-10-16-13/h9-10,12,14,17H,4-8,11H2,1-3H3,(H,15,16). The third-order valence-electron chi connectivity index (χ3n) is 3.04. The highest BCUT2D eigenvalue weighted by Crippen LogP contribution is 1.98. The molecular formula is C13H27N5O2S. The lowest BCUT2D eigenvalue weighted by molar-refractivity contribution is 0.438. The number of H-pyrrole nitrogens is 1. The summed E-state index contributed by atoms with van der Waals surface area (Å²) in [6.45, 7) is 5.88. The average Bonchev–Trinajstić information content (AvgIpc) is 2.92. The van der Waals surface area contributed by atoms with Crippen LogP contribution in [0.2, 0.25) is 0 Å². The maximum absolute atomic E-state index is 12.0. The second kappa shape index (κ2) is 9.14. The van der Waals surface area contributed by atoms with Crippen molar-refractivity contribution in [1.29, 1.82) is 0 Å². The summed E-state index contributed by atoms with van der Waals surface area (Å²) in [5.74, 6) is 0.877. The zero-order valence-electron chi connectivity index (χ0n) is 13.1. The number of imidazole rings is 1. The predicted octanol–water partition coefficient (Wildman–Crippen LogP) is 0.497. The lowest BCUT2D eigenvalue weighted by atomic mass is 10.3. The van der Waals surface area contributed by atoms with Crippen molar-refractivity contribution in [2.45, 2.75) is 39.2 Å². The first-order chi connectivity index (χ1) is 9.92. The Morgan fingerprint density at radius 1 is 1.33 bits per heavy atom. The number of nitrogens with one attached hydrogen (secondary N) is 3. The number of hydrogen-bond donors (Lipinski definition) is 3. The first-order valence-electron chi connectivity index (χ1n) is 7.34. The third-order valence-corrected chi connectivity index (χ3v) is 4.61. The molecule has 0 saturated heterocycles. The molecule has 0 atom stereocenters. The predicted molar refractivity (Wildman–Crippen MR) is 84.2 cm³/mol. The maximum Gasteiger partial charge on any atom is 0.279 e. The Morgan fingerprint density at radius 2 is 2.10 bits per heavy atom. The number of aryl methyl sites for hydroxylation is 1. The molecule has 0 unspecified atom stereocenters. The largest absolute Gasteiger partial charge is 0.349 e. The maximum atomic E-state index is 12.0. The van der Waals surface area contributed by atoms with Crippen LogP contribution in [0.1, 0.15) is 32.5 Å². The topological polar surface area (TPSA) is 90.1 Å². The third kappa shape index (κ3) is 7.56. The van der Waals surface area contributed by atoms with Gasteiger partial charge in [0.2, 0.25) is 0 Å². The molecule has 1 aromatic heterocycles. The second-order valence-corrected chi connectivity index (χ2v) is 7.18. The number of aromatic amines is 1. The van der Waals surface area contributed by atoms with Crippen LogP contribution in [0.3, 0.4) is 0 Å². The zero-order valence-corrected chi connectivity index (χ0v) is 13.9. The minimum atomic E-state index is -3.38. The van der Waals surface area contributed by atoms with Gasteiger partial charge < -0.3 is 10.3 Å². The molecule has 0 aliphatic carbocycles. The molecule has 0 amide bonds. The lowest BCUT2D eigenvalue weighted by Gasteiger charge is -2.18. The Morgan fingerprint density at radius 3 is 2.71 bits per heavy atom. The van der Waals surface area contributed by atoms with E-state index < -0.39 is 10.2 Å². The van der Waals surface area contributed by atoms with Crippen molar-refractivity contribution in [3.05, 3.63) is 18.2 Å². The molecule has 7 nitrogen and oxygen atoms in total. The van der Waals surface area contributed by atoms with Crippen LogP contribution in [-0.2, 0) is 16.6 Å². The van der Waals surface area contributed by atoms with Gasteiger partial charge in [0.1, 0.15) is 5.82 Å². The van der Waals surface area contributed by atoms with E-state index in [0.29, 0.717) is 19.1 Å². The van der Waals surface area contributed by atoms with Crippen LogP contribution in [0.15, 0.2) is 12.4 Å². The van der Waals surface area contributed by atoms with Crippen LogP contribution in [0, 0.1) is 0 Å².